The van der Waals surface area contributed by atoms with Gasteiger partial charge in [0.1, 0.15) is 11.4 Å². The van der Waals surface area contributed by atoms with Gasteiger partial charge in [0, 0.05) is 10.2 Å². The fraction of sp³-hybridized carbons (Fsp3) is 0.316. The van der Waals surface area contributed by atoms with Gasteiger partial charge in [-0.3, -0.25) is 14.4 Å². The maximum Gasteiger partial charge on any atom is 0.277 e. The van der Waals surface area contributed by atoms with Gasteiger partial charge in [-0.2, -0.15) is 0 Å². The molecule has 0 aliphatic heterocycles. The van der Waals surface area contributed by atoms with Crippen LogP contribution in [0.15, 0.2) is 34.8 Å². The number of amides is 1. The summed E-state index contributed by atoms with van der Waals surface area (Å²) in [7, 11) is 0. The molecule has 0 atom stereocenters. The van der Waals surface area contributed by atoms with Crippen molar-refractivity contribution in [3.63, 3.8) is 0 Å². The van der Waals surface area contributed by atoms with Crippen LogP contribution in [0.25, 0.3) is 0 Å². The summed E-state index contributed by atoms with van der Waals surface area (Å²) in [5.41, 5.74) is 2.53. The minimum Gasteiger partial charge on any atom is -0.507 e. The number of ketones is 1. The molecular formula is C19H21BrN2O4. The molecule has 26 heavy (non-hydrogen) atoms. The summed E-state index contributed by atoms with van der Waals surface area (Å²) in [5.74, 6) is -1.30. The number of hydrogen-bond donors (Lipinski definition) is 2. The Balaban J connectivity index is 2.47. The third-order valence-electron chi connectivity index (χ3n) is 3.43. The number of carbonyl (C=O) groups is 2. The highest BCUT2D eigenvalue weighted by Crippen LogP contribution is 2.25. The first-order valence-corrected chi connectivity index (χ1v) is 8.93. The molecule has 2 N–H and O–H groups in total. The summed E-state index contributed by atoms with van der Waals surface area (Å²) < 4.78 is 0.632. The Morgan fingerprint density at radius 3 is 2.50 bits per heavy atom. The zero-order valence-electron chi connectivity index (χ0n) is 15.1. The Morgan fingerprint density at radius 2 is 1.88 bits per heavy atom. The van der Waals surface area contributed by atoms with Crippen LogP contribution >= 0.6 is 15.9 Å². The standard InChI is InChI=1S/C19H21BrN2O4/c1-5-12-7-8-13(18(25)22-26-19(2,3)4)16(21-12)17(24)14-10-11(20)6-9-15(14)23/h6-10,23H,5H2,1-4H3,(H,22,25). The lowest BCUT2D eigenvalue weighted by Crippen LogP contribution is -2.34. The Labute approximate surface area is 160 Å². The number of carbonyl (C=O) groups excluding carboxylic acids is 2. The van der Waals surface area contributed by atoms with Crippen molar-refractivity contribution < 1.29 is 19.5 Å². The van der Waals surface area contributed by atoms with Crippen molar-refractivity contribution in [2.45, 2.75) is 39.7 Å². The summed E-state index contributed by atoms with van der Waals surface area (Å²) in [6.07, 6.45) is 0.602. The predicted octanol–water partition coefficient (Wildman–Crippen LogP) is 3.80. The van der Waals surface area contributed by atoms with Crippen molar-refractivity contribution in [3.8, 4) is 5.75 Å². The highest BCUT2D eigenvalue weighted by atomic mass is 79.9. The van der Waals surface area contributed by atoms with Gasteiger partial charge in [0.15, 0.2) is 0 Å². The number of rotatable bonds is 5. The summed E-state index contributed by atoms with van der Waals surface area (Å²) in [4.78, 5) is 35.1. The van der Waals surface area contributed by atoms with Gasteiger partial charge in [-0.15, -0.1) is 0 Å². The van der Waals surface area contributed by atoms with Gasteiger partial charge in [-0.05, 0) is 57.5 Å². The van der Waals surface area contributed by atoms with Crippen LogP contribution in [0.1, 0.15) is 59.8 Å². The quantitative estimate of drug-likeness (QED) is 0.566. The van der Waals surface area contributed by atoms with Crippen LogP contribution in [0.4, 0.5) is 0 Å². The van der Waals surface area contributed by atoms with Crippen LogP contribution in [-0.2, 0) is 11.3 Å². The van der Waals surface area contributed by atoms with E-state index in [1.165, 1.54) is 18.2 Å². The lowest BCUT2D eigenvalue weighted by atomic mass is 10.0. The number of halogens is 1. The predicted molar refractivity (Wildman–Crippen MR) is 101 cm³/mol. The number of benzene rings is 1. The van der Waals surface area contributed by atoms with Crippen molar-refractivity contribution in [3.05, 3.63) is 57.3 Å². The van der Waals surface area contributed by atoms with E-state index in [1.807, 2.05) is 6.92 Å². The van der Waals surface area contributed by atoms with Gasteiger partial charge in [0.2, 0.25) is 5.78 Å². The van der Waals surface area contributed by atoms with E-state index < -0.39 is 17.3 Å². The van der Waals surface area contributed by atoms with E-state index in [2.05, 4.69) is 26.4 Å². The van der Waals surface area contributed by atoms with Crippen molar-refractivity contribution in [2.75, 3.05) is 0 Å². The SMILES string of the molecule is CCc1ccc(C(=O)NOC(C)(C)C)c(C(=O)c2cc(Br)ccc2O)n1. The number of phenolic OH excluding ortho intramolecular Hbond substituents is 1. The Kier molecular flexibility index (Phi) is 6.15. The number of nitrogens with one attached hydrogen (secondary N) is 1. The number of aromatic nitrogens is 1. The van der Waals surface area contributed by atoms with Crippen LogP contribution in [0.2, 0.25) is 0 Å². The number of phenols is 1. The maximum atomic E-state index is 12.9. The summed E-state index contributed by atoms with van der Waals surface area (Å²) in [5, 5.41) is 10.0. The Morgan fingerprint density at radius 1 is 1.19 bits per heavy atom. The zero-order chi connectivity index (χ0) is 19.5. The number of aromatic hydroxyl groups is 1. The molecule has 0 bridgehead atoms. The monoisotopic (exact) mass is 420 g/mol. The molecule has 0 fully saturated rings. The molecule has 1 aromatic heterocycles. The second-order valence-corrected chi connectivity index (χ2v) is 7.60. The van der Waals surface area contributed by atoms with Gasteiger partial charge in [0.05, 0.1) is 16.7 Å². The van der Waals surface area contributed by atoms with E-state index in [-0.39, 0.29) is 22.6 Å². The molecule has 1 heterocycles. The number of hydrogen-bond acceptors (Lipinski definition) is 5. The van der Waals surface area contributed by atoms with E-state index in [4.69, 9.17) is 4.84 Å². The molecule has 0 aliphatic carbocycles. The molecule has 0 spiro atoms. The molecule has 0 saturated carbocycles. The first kappa shape index (κ1) is 20.1. The van der Waals surface area contributed by atoms with Crippen LogP contribution in [-0.4, -0.2) is 27.4 Å². The van der Waals surface area contributed by atoms with Gasteiger partial charge < -0.3 is 5.11 Å². The summed E-state index contributed by atoms with van der Waals surface area (Å²) in [6, 6.07) is 7.74. The molecular weight excluding hydrogens is 400 g/mol. The molecule has 1 amide bonds. The van der Waals surface area contributed by atoms with Gasteiger partial charge in [-0.25, -0.2) is 10.5 Å². The second kappa shape index (κ2) is 7.97. The summed E-state index contributed by atoms with van der Waals surface area (Å²) >= 11 is 3.28. The minimum absolute atomic E-state index is 0.0345. The molecule has 0 unspecified atom stereocenters. The number of nitrogens with zero attached hydrogens (tertiary/aromatic N) is 1. The Hall–Kier alpha value is -2.25. The first-order chi connectivity index (χ1) is 12.1. The molecule has 0 saturated heterocycles. The third kappa shape index (κ3) is 4.89. The van der Waals surface area contributed by atoms with E-state index >= 15 is 0 Å². The molecule has 6 nitrogen and oxygen atoms in total. The normalized spacial score (nSPS) is 11.3. The fourth-order valence-corrected chi connectivity index (χ4v) is 2.49. The van der Waals surface area contributed by atoms with Crippen molar-refractivity contribution in [1.29, 1.82) is 0 Å². The lowest BCUT2D eigenvalue weighted by molar-refractivity contribution is -0.0590. The number of aryl methyl sites for hydroxylation is 1. The third-order valence-corrected chi connectivity index (χ3v) is 3.92. The van der Waals surface area contributed by atoms with E-state index in [0.717, 1.165) is 0 Å². The molecule has 0 aliphatic rings. The van der Waals surface area contributed by atoms with Crippen LogP contribution in [0.5, 0.6) is 5.75 Å². The van der Waals surface area contributed by atoms with Crippen molar-refractivity contribution in [1.82, 2.24) is 10.5 Å². The molecule has 2 rings (SSSR count). The molecule has 7 heteroatoms. The van der Waals surface area contributed by atoms with Crippen molar-refractivity contribution >= 4 is 27.6 Å². The minimum atomic E-state index is -0.584. The number of pyridine rings is 1. The molecule has 0 radical (unpaired) electrons. The van der Waals surface area contributed by atoms with E-state index in [0.29, 0.717) is 16.6 Å². The maximum absolute atomic E-state index is 12.9. The zero-order valence-corrected chi connectivity index (χ0v) is 16.7. The highest BCUT2D eigenvalue weighted by molar-refractivity contribution is 9.10. The topological polar surface area (TPSA) is 88.5 Å². The first-order valence-electron chi connectivity index (χ1n) is 8.14. The molecule has 138 valence electrons. The van der Waals surface area contributed by atoms with Crippen LogP contribution in [0.3, 0.4) is 0 Å². The van der Waals surface area contributed by atoms with Crippen molar-refractivity contribution in [2.24, 2.45) is 0 Å². The highest BCUT2D eigenvalue weighted by Gasteiger charge is 2.24. The second-order valence-electron chi connectivity index (χ2n) is 6.69. The van der Waals surface area contributed by atoms with Crippen LogP contribution < -0.4 is 5.48 Å². The number of hydroxylamine groups is 1. The Bertz CT molecular complexity index is 844. The van der Waals surface area contributed by atoms with E-state index in [9.17, 15) is 14.7 Å². The van der Waals surface area contributed by atoms with Gasteiger partial charge >= 0.3 is 0 Å². The summed E-state index contributed by atoms with van der Waals surface area (Å²) in [6.45, 7) is 7.27. The smallest absolute Gasteiger partial charge is 0.277 e. The largest absolute Gasteiger partial charge is 0.507 e. The molecule has 1 aromatic carbocycles. The van der Waals surface area contributed by atoms with Crippen LogP contribution in [0, 0.1) is 0 Å². The average molecular weight is 421 g/mol. The van der Waals surface area contributed by atoms with Gasteiger partial charge in [-0.1, -0.05) is 22.9 Å². The van der Waals surface area contributed by atoms with E-state index in [1.54, 1.807) is 32.9 Å². The fourth-order valence-electron chi connectivity index (χ4n) is 2.12. The molecule has 2 aromatic rings. The average Bonchev–Trinajstić information content (AvgIpc) is 2.60. The van der Waals surface area contributed by atoms with Gasteiger partial charge in [0.25, 0.3) is 5.91 Å². The lowest BCUT2D eigenvalue weighted by Gasteiger charge is -2.19.